The van der Waals surface area contributed by atoms with Gasteiger partial charge in [-0.1, -0.05) is 0 Å². The zero-order valence-corrected chi connectivity index (χ0v) is 15.5. The van der Waals surface area contributed by atoms with Crippen LogP contribution >= 0.6 is 0 Å². The SMILES string of the molecule is O=C(NNC(=O)c1cc2cc(OC(F)(F)F)ccc2[nH]1)Nc1ccc(OC(F)(F)F)cc1. The van der Waals surface area contributed by atoms with E-state index in [1.807, 2.05) is 5.43 Å². The van der Waals surface area contributed by atoms with Gasteiger partial charge in [-0.05, 0) is 48.5 Å². The number of halogens is 6. The highest BCUT2D eigenvalue weighted by Gasteiger charge is 2.31. The molecule has 2 aromatic carbocycles. The maximum absolute atomic E-state index is 12.3. The average Bonchev–Trinajstić information content (AvgIpc) is 3.08. The number of carbonyl (C=O) groups is 2. The first-order valence-electron chi connectivity index (χ1n) is 8.50. The van der Waals surface area contributed by atoms with Crippen molar-refractivity contribution in [3.8, 4) is 11.5 Å². The van der Waals surface area contributed by atoms with Crippen LogP contribution < -0.4 is 25.6 Å². The Morgan fingerprint density at radius 2 is 1.38 bits per heavy atom. The number of hydrogen-bond acceptors (Lipinski definition) is 4. The van der Waals surface area contributed by atoms with Crippen LogP contribution in [0.2, 0.25) is 0 Å². The van der Waals surface area contributed by atoms with E-state index >= 15 is 0 Å². The van der Waals surface area contributed by atoms with Crippen molar-refractivity contribution in [1.29, 1.82) is 0 Å². The predicted octanol–water partition coefficient (Wildman–Crippen LogP) is 4.43. The molecule has 170 valence electrons. The molecule has 0 aliphatic heterocycles. The number of aromatic amines is 1. The monoisotopic (exact) mass is 462 g/mol. The number of aromatic nitrogens is 1. The molecule has 1 heterocycles. The number of urea groups is 1. The van der Waals surface area contributed by atoms with E-state index in [0.717, 1.165) is 36.4 Å². The van der Waals surface area contributed by atoms with Crippen LogP contribution in [0.1, 0.15) is 10.5 Å². The third kappa shape index (κ3) is 6.45. The molecule has 0 unspecified atom stereocenters. The average molecular weight is 462 g/mol. The third-order valence-corrected chi connectivity index (χ3v) is 3.71. The van der Waals surface area contributed by atoms with Crippen LogP contribution in [-0.2, 0) is 0 Å². The summed E-state index contributed by atoms with van der Waals surface area (Å²) in [5.74, 6) is -1.77. The highest BCUT2D eigenvalue weighted by molar-refractivity contribution is 5.99. The standard InChI is InChI=1S/C18H12F6N4O4/c19-17(20,21)31-11-3-1-10(2-4-11)25-16(30)28-27-15(29)14-8-9-7-12(32-18(22,23)24)5-6-13(9)26-14/h1-8,26H,(H,27,29)(H2,25,28,30). The summed E-state index contributed by atoms with van der Waals surface area (Å²) in [4.78, 5) is 26.6. The Bertz CT molecular complexity index is 1130. The number of nitrogens with one attached hydrogen (secondary N) is 4. The van der Waals surface area contributed by atoms with Crippen LogP contribution in [0, 0.1) is 0 Å². The second kappa shape index (κ2) is 8.56. The van der Waals surface area contributed by atoms with Crippen LogP contribution in [0.5, 0.6) is 11.5 Å². The molecule has 32 heavy (non-hydrogen) atoms. The van der Waals surface area contributed by atoms with Crippen LogP contribution in [0.4, 0.5) is 36.8 Å². The molecule has 3 aromatic rings. The molecule has 0 bridgehead atoms. The Kier molecular flexibility index (Phi) is 6.04. The van der Waals surface area contributed by atoms with E-state index in [1.165, 1.54) is 12.1 Å². The van der Waals surface area contributed by atoms with Crippen LogP contribution in [0.3, 0.4) is 0 Å². The highest BCUT2D eigenvalue weighted by Crippen LogP contribution is 2.27. The number of rotatable bonds is 4. The first-order valence-corrected chi connectivity index (χ1v) is 8.50. The minimum Gasteiger partial charge on any atom is -0.406 e. The molecule has 0 saturated carbocycles. The van der Waals surface area contributed by atoms with Gasteiger partial charge in [0.2, 0.25) is 0 Å². The largest absolute Gasteiger partial charge is 0.573 e. The van der Waals surface area contributed by atoms with E-state index in [4.69, 9.17) is 0 Å². The number of alkyl halides is 6. The van der Waals surface area contributed by atoms with Gasteiger partial charge in [-0.3, -0.25) is 10.2 Å². The highest BCUT2D eigenvalue weighted by atomic mass is 19.4. The van der Waals surface area contributed by atoms with E-state index in [9.17, 15) is 35.9 Å². The first-order chi connectivity index (χ1) is 14.9. The Morgan fingerprint density at radius 1 is 0.781 bits per heavy atom. The van der Waals surface area contributed by atoms with Gasteiger partial charge in [0.25, 0.3) is 5.91 Å². The maximum atomic E-state index is 12.3. The summed E-state index contributed by atoms with van der Waals surface area (Å²) in [7, 11) is 0. The number of anilines is 1. The quantitative estimate of drug-likeness (QED) is 0.340. The molecule has 0 saturated heterocycles. The van der Waals surface area contributed by atoms with Gasteiger partial charge in [0.1, 0.15) is 17.2 Å². The summed E-state index contributed by atoms with van der Waals surface area (Å²) in [6.07, 6.45) is -9.72. The smallest absolute Gasteiger partial charge is 0.406 e. The fourth-order valence-corrected chi connectivity index (χ4v) is 2.51. The van der Waals surface area contributed by atoms with Crippen molar-refractivity contribution >= 4 is 28.5 Å². The summed E-state index contributed by atoms with van der Waals surface area (Å²) in [6.45, 7) is 0. The number of carbonyl (C=O) groups excluding carboxylic acids is 2. The van der Waals surface area contributed by atoms with Crippen LogP contribution in [0.25, 0.3) is 10.9 Å². The van der Waals surface area contributed by atoms with E-state index < -0.39 is 36.2 Å². The predicted molar refractivity (Wildman–Crippen MR) is 97.7 cm³/mol. The number of hydrazine groups is 1. The van der Waals surface area contributed by atoms with E-state index in [-0.39, 0.29) is 16.8 Å². The lowest BCUT2D eigenvalue weighted by Crippen LogP contribution is -2.44. The zero-order chi connectivity index (χ0) is 23.5. The minimum atomic E-state index is -4.87. The number of H-pyrrole nitrogens is 1. The van der Waals surface area contributed by atoms with E-state index in [0.29, 0.717) is 5.52 Å². The van der Waals surface area contributed by atoms with E-state index in [1.54, 1.807) is 0 Å². The molecule has 0 aliphatic carbocycles. The van der Waals surface area contributed by atoms with Crippen LogP contribution in [0.15, 0.2) is 48.5 Å². The van der Waals surface area contributed by atoms with Gasteiger partial charge in [-0.2, -0.15) is 0 Å². The molecule has 0 aliphatic rings. The Labute approximate surface area is 174 Å². The van der Waals surface area contributed by atoms with Crippen LogP contribution in [-0.4, -0.2) is 29.6 Å². The molecule has 3 rings (SSSR count). The lowest BCUT2D eigenvalue weighted by molar-refractivity contribution is -0.275. The molecule has 1 aromatic heterocycles. The second-order valence-electron chi connectivity index (χ2n) is 6.09. The lowest BCUT2D eigenvalue weighted by atomic mass is 10.2. The fourth-order valence-electron chi connectivity index (χ4n) is 2.51. The van der Waals surface area contributed by atoms with Crippen molar-refractivity contribution in [2.24, 2.45) is 0 Å². The number of hydrogen-bond donors (Lipinski definition) is 4. The lowest BCUT2D eigenvalue weighted by Gasteiger charge is -2.10. The number of amides is 3. The van der Waals surface area contributed by atoms with Crippen molar-refractivity contribution < 1.29 is 45.4 Å². The Balaban J connectivity index is 1.55. The molecule has 0 atom stereocenters. The van der Waals surface area contributed by atoms with Crippen molar-refractivity contribution in [1.82, 2.24) is 15.8 Å². The van der Waals surface area contributed by atoms with Gasteiger partial charge in [-0.15, -0.1) is 26.3 Å². The Morgan fingerprint density at radius 3 is 2.00 bits per heavy atom. The number of benzene rings is 2. The normalized spacial score (nSPS) is 11.7. The number of ether oxygens (including phenoxy) is 2. The molecule has 4 N–H and O–H groups in total. The topological polar surface area (TPSA) is 104 Å². The van der Waals surface area contributed by atoms with Gasteiger partial charge < -0.3 is 19.8 Å². The maximum Gasteiger partial charge on any atom is 0.573 e. The minimum absolute atomic E-state index is 0.0712. The first kappa shape index (κ1) is 22.6. The summed E-state index contributed by atoms with van der Waals surface area (Å²) < 4.78 is 80.8. The van der Waals surface area contributed by atoms with Gasteiger partial charge in [0.15, 0.2) is 0 Å². The van der Waals surface area contributed by atoms with Gasteiger partial charge in [0, 0.05) is 16.6 Å². The molecule has 0 spiro atoms. The molecular weight excluding hydrogens is 450 g/mol. The summed E-state index contributed by atoms with van der Waals surface area (Å²) >= 11 is 0. The summed E-state index contributed by atoms with van der Waals surface area (Å²) in [6, 6.07) is 7.96. The van der Waals surface area contributed by atoms with Gasteiger partial charge in [0.05, 0.1) is 0 Å². The molecular formula is C18H12F6N4O4. The summed E-state index contributed by atoms with van der Waals surface area (Å²) in [5.41, 5.74) is 4.45. The zero-order valence-electron chi connectivity index (χ0n) is 15.5. The summed E-state index contributed by atoms with van der Waals surface area (Å²) in [5, 5.41) is 2.51. The van der Waals surface area contributed by atoms with Crippen molar-refractivity contribution in [3.63, 3.8) is 0 Å². The van der Waals surface area contributed by atoms with Crippen molar-refractivity contribution in [2.75, 3.05) is 5.32 Å². The van der Waals surface area contributed by atoms with Crippen molar-refractivity contribution in [2.45, 2.75) is 12.7 Å². The fraction of sp³-hybridized carbons (Fsp3) is 0.111. The molecule has 3 amide bonds. The molecule has 0 radical (unpaired) electrons. The molecule has 8 nitrogen and oxygen atoms in total. The van der Waals surface area contributed by atoms with Crippen molar-refractivity contribution in [3.05, 3.63) is 54.2 Å². The second-order valence-corrected chi connectivity index (χ2v) is 6.09. The Hall–Kier alpha value is -4.10. The third-order valence-electron chi connectivity index (χ3n) is 3.71. The molecule has 0 fully saturated rings. The van der Waals surface area contributed by atoms with Gasteiger partial charge >= 0.3 is 18.8 Å². The number of fused-ring (bicyclic) bond motifs is 1. The van der Waals surface area contributed by atoms with Gasteiger partial charge in [-0.25, -0.2) is 10.2 Å². The van der Waals surface area contributed by atoms with E-state index in [2.05, 4.69) is 25.2 Å². The molecule has 14 heteroatoms.